The molecule has 0 aliphatic rings. The number of Topliss-reactive ketones (excluding diaryl/α,β-unsaturated/α-hetero) is 1. The minimum atomic E-state index is -1.04. The Hall–Kier alpha value is -1.43. The molecule has 6 nitrogen and oxygen atoms in total. The Morgan fingerprint density at radius 3 is 1.89 bits per heavy atom. The molecule has 0 aromatic heterocycles. The summed E-state index contributed by atoms with van der Waals surface area (Å²) in [7, 11) is 0. The van der Waals surface area contributed by atoms with Gasteiger partial charge >= 0.3 is 11.9 Å². The Morgan fingerprint density at radius 2 is 1.61 bits per heavy atom. The van der Waals surface area contributed by atoms with Gasteiger partial charge in [0.25, 0.3) is 0 Å². The zero-order valence-corrected chi connectivity index (χ0v) is 11.2. The van der Waals surface area contributed by atoms with Gasteiger partial charge in [0, 0.05) is 6.54 Å². The Bertz CT molecular complexity index is 326. The predicted molar refractivity (Wildman–Crippen MR) is 65.4 cm³/mol. The zero-order valence-electron chi connectivity index (χ0n) is 11.2. The van der Waals surface area contributed by atoms with E-state index >= 15 is 0 Å². The number of carbonyl (C=O) groups is 3. The first-order chi connectivity index (χ1) is 8.18. The Labute approximate surface area is 107 Å². The molecule has 0 saturated heterocycles. The van der Waals surface area contributed by atoms with Crippen molar-refractivity contribution < 1.29 is 24.6 Å². The molecule has 6 heteroatoms. The Balaban J connectivity index is 5.09. The molecule has 0 amide bonds. The second-order valence-corrected chi connectivity index (χ2v) is 4.70. The summed E-state index contributed by atoms with van der Waals surface area (Å²) < 4.78 is 0. The highest BCUT2D eigenvalue weighted by atomic mass is 16.4. The molecule has 0 aliphatic heterocycles. The highest BCUT2D eigenvalue weighted by molar-refractivity contribution is 5.82. The smallest absolute Gasteiger partial charge is 0.321 e. The van der Waals surface area contributed by atoms with Gasteiger partial charge in [0.15, 0.2) is 0 Å². The fraction of sp³-hybridized carbons (Fsp3) is 0.750. The molecular weight excluding hydrogens is 238 g/mol. The van der Waals surface area contributed by atoms with E-state index in [1.807, 2.05) is 0 Å². The van der Waals surface area contributed by atoms with E-state index in [0.717, 1.165) is 0 Å². The van der Waals surface area contributed by atoms with Gasteiger partial charge in [0.1, 0.15) is 11.8 Å². The molecule has 0 aromatic carbocycles. The van der Waals surface area contributed by atoms with Crippen LogP contribution in [-0.4, -0.2) is 51.5 Å². The number of hydrogen-bond acceptors (Lipinski definition) is 4. The van der Waals surface area contributed by atoms with Crippen LogP contribution in [0.25, 0.3) is 0 Å². The van der Waals surface area contributed by atoms with Gasteiger partial charge in [-0.25, -0.2) is 0 Å². The highest BCUT2D eigenvalue weighted by Gasteiger charge is 2.33. The average Bonchev–Trinajstić information content (AvgIpc) is 2.21. The van der Waals surface area contributed by atoms with E-state index in [1.54, 1.807) is 20.8 Å². The third-order valence-corrected chi connectivity index (χ3v) is 2.91. The van der Waals surface area contributed by atoms with Crippen molar-refractivity contribution in [2.75, 3.05) is 6.54 Å². The van der Waals surface area contributed by atoms with Crippen LogP contribution in [0.3, 0.4) is 0 Å². The summed E-state index contributed by atoms with van der Waals surface area (Å²) in [6.45, 7) is 6.49. The number of aliphatic carboxylic acids is 2. The zero-order chi connectivity index (χ0) is 14.5. The summed E-state index contributed by atoms with van der Waals surface area (Å²) in [4.78, 5) is 34.7. The van der Waals surface area contributed by atoms with E-state index in [1.165, 1.54) is 11.8 Å². The molecule has 0 bridgehead atoms. The molecule has 2 atom stereocenters. The molecule has 0 heterocycles. The van der Waals surface area contributed by atoms with Crippen molar-refractivity contribution >= 4 is 17.7 Å². The van der Waals surface area contributed by atoms with Gasteiger partial charge in [-0.2, -0.15) is 0 Å². The molecule has 0 saturated carbocycles. The van der Waals surface area contributed by atoms with Gasteiger partial charge in [-0.1, -0.05) is 13.8 Å². The normalized spacial score (nSPS) is 14.6. The maximum Gasteiger partial charge on any atom is 0.321 e. The van der Waals surface area contributed by atoms with Crippen molar-refractivity contribution in [3.05, 3.63) is 0 Å². The molecule has 2 unspecified atom stereocenters. The molecule has 0 aliphatic carbocycles. The summed E-state index contributed by atoms with van der Waals surface area (Å²) >= 11 is 0. The van der Waals surface area contributed by atoms with E-state index in [4.69, 9.17) is 5.11 Å². The molecule has 0 rings (SSSR count). The first-order valence-corrected chi connectivity index (χ1v) is 5.89. The lowest BCUT2D eigenvalue weighted by atomic mass is 9.99. The number of rotatable bonds is 8. The van der Waals surface area contributed by atoms with Crippen LogP contribution in [0.2, 0.25) is 0 Å². The van der Waals surface area contributed by atoms with E-state index in [0.29, 0.717) is 0 Å². The summed E-state index contributed by atoms with van der Waals surface area (Å²) in [6, 6.07) is -1.46. The molecule has 18 heavy (non-hydrogen) atoms. The second kappa shape index (κ2) is 7.10. The quantitative estimate of drug-likeness (QED) is 0.671. The standard InChI is InChI=1S/C12H21NO5/c1-7(2)11(12(17)18)13(6-5-10(15)16)8(3)9(4)14/h7-8,11H,5-6H2,1-4H3,(H,15,16)(H,17,18). The number of nitrogens with zero attached hydrogens (tertiary/aromatic N) is 1. The van der Waals surface area contributed by atoms with Crippen LogP contribution in [0.15, 0.2) is 0 Å². The van der Waals surface area contributed by atoms with Crippen LogP contribution in [0.5, 0.6) is 0 Å². The van der Waals surface area contributed by atoms with Gasteiger partial charge < -0.3 is 10.2 Å². The van der Waals surface area contributed by atoms with Crippen molar-refractivity contribution in [1.29, 1.82) is 0 Å². The Kier molecular flexibility index (Phi) is 6.54. The molecule has 0 radical (unpaired) electrons. The van der Waals surface area contributed by atoms with Gasteiger partial charge in [0.05, 0.1) is 12.5 Å². The van der Waals surface area contributed by atoms with E-state index in [-0.39, 0.29) is 24.7 Å². The number of ketones is 1. The predicted octanol–water partition coefficient (Wildman–Crippen LogP) is 0.850. The molecule has 0 fully saturated rings. The third kappa shape index (κ3) is 4.83. The lowest BCUT2D eigenvalue weighted by Gasteiger charge is -2.34. The number of carboxylic acid groups (broad SMARTS) is 2. The molecular formula is C12H21NO5. The summed E-state index contributed by atoms with van der Waals surface area (Å²) in [6.07, 6.45) is -0.186. The molecule has 0 aromatic rings. The fourth-order valence-electron chi connectivity index (χ4n) is 1.84. The van der Waals surface area contributed by atoms with Crippen molar-refractivity contribution in [2.24, 2.45) is 5.92 Å². The highest BCUT2D eigenvalue weighted by Crippen LogP contribution is 2.16. The molecule has 104 valence electrons. The van der Waals surface area contributed by atoms with Crippen LogP contribution in [0.1, 0.15) is 34.1 Å². The molecule has 2 N–H and O–H groups in total. The summed E-state index contributed by atoms with van der Waals surface area (Å²) in [5.74, 6) is -2.43. The van der Waals surface area contributed by atoms with E-state index in [2.05, 4.69) is 0 Å². The topological polar surface area (TPSA) is 94.9 Å². The summed E-state index contributed by atoms with van der Waals surface area (Å²) in [5.41, 5.74) is 0. The van der Waals surface area contributed by atoms with Gasteiger partial charge in [-0.05, 0) is 19.8 Å². The van der Waals surface area contributed by atoms with Gasteiger partial charge in [-0.3, -0.25) is 19.3 Å². The molecule has 0 spiro atoms. The van der Waals surface area contributed by atoms with Crippen molar-refractivity contribution in [1.82, 2.24) is 4.90 Å². The lowest BCUT2D eigenvalue weighted by Crippen LogP contribution is -2.52. The second-order valence-electron chi connectivity index (χ2n) is 4.70. The SMILES string of the molecule is CC(=O)C(C)N(CCC(=O)O)C(C(=O)O)C(C)C. The number of hydrogen-bond donors (Lipinski definition) is 2. The van der Waals surface area contributed by atoms with Crippen molar-refractivity contribution in [3.8, 4) is 0 Å². The number of carbonyl (C=O) groups excluding carboxylic acids is 1. The largest absolute Gasteiger partial charge is 0.481 e. The first kappa shape index (κ1) is 16.6. The van der Waals surface area contributed by atoms with Crippen LogP contribution >= 0.6 is 0 Å². The summed E-state index contributed by atoms with van der Waals surface area (Å²) in [5, 5.41) is 17.9. The van der Waals surface area contributed by atoms with E-state index < -0.39 is 24.0 Å². The van der Waals surface area contributed by atoms with E-state index in [9.17, 15) is 19.5 Å². The van der Waals surface area contributed by atoms with Crippen molar-refractivity contribution in [3.63, 3.8) is 0 Å². The van der Waals surface area contributed by atoms with Crippen LogP contribution in [-0.2, 0) is 14.4 Å². The average molecular weight is 259 g/mol. The van der Waals surface area contributed by atoms with Gasteiger partial charge in [0.2, 0.25) is 0 Å². The minimum Gasteiger partial charge on any atom is -0.481 e. The lowest BCUT2D eigenvalue weighted by molar-refractivity contribution is -0.149. The number of carboxylic acids is 2. The fourth-order valence-corrected chi connectivity index (χ4v) is 1.84. The van der Waals surface area contributed by atoms with Crippen LogP contribution < -0.4 is 0 Å². The minimum absolute atomic E-state index is 0.0469. The van der Waals surface area contributed by atoms with Crippen molar-refractivity contribution in [2.45, 2.75) is 46.2 Å². The van der Waals surface area contributed by atoms with Crippen LogP contribution in [0, 0.1) is 5.92 Å². The monoisotopic (exact) mass is 259 g/mol. The maximum atomic E-state index is 11.4. The Morgan fingerprint density at radius 1 is 1.11 bits per heavy atom. The van der Waals surface area contributed by atoms with Gasteiger partial charge in [-0.15, -0.1) is 0 Å². The maximum absolute atomic E-state index is 11.4. The first-order valence-electron chi connectivity index (χ1n) is 5.89. The third-order valence-electron chi connectivity index (χ3n) is 2.91. The van der Waals surface area contributed by atoms with Crippen LogP contribution in [0.4, 0.5) is 0 Å².